The molecule has 2 aliphatic heterocycles. The lowest BCUT2D eigenvalue weighted by Crippen LogP contribution is -2.46. The van der Waals surface area contributed by atoms with Crippen LogP contribution in [0.3, 0.4) is 0 Å². The summed E-state index contributed by atoms with van der Waals surface area (Å²) in [7, 11) is 0. The van der Waals surface area contributed by atoms with E-state index in [9.17, 15) is 9.59 Å². The van der Waals surface area contributed by atoms with Gasteiger partial charge in [-0.2, -0.15) is 0 Å². The molecular formula is C19H27N3O3. The number of hydrogen-bond acceptors (Lipinski definition) is 4. The van der Waals surface area contributed by atoms with E-state index < -0.39 is 6.04 Å². The summed E-state index contributed by atoms with van der Waals surface area (Å²) in [4.78, 5) is 26.0. The summed E-state index contributed by atoms with van der Waals surface area (Å²) in [5.74, 6) is 0.276. The van der Waals surface area contributed by atoms with Gasteiger partial charge in [-0.15, -0.1) is 0 Å². The van der Waals surface area contributed by atoms with Crippen LogP contribution >= 0.6 is 0 Å². The Morgan fingerprint density at radius 3 is 2.64 bits per heavy atom. The molecule has 3 N–H and O–H groups in total. The largest absolute Gasteiger partial charge is 0.381 e. The van der Waals surface area contributed by atoms with E-state index >= 15 is 0 Å². The number of hydrogen-bond donors (Lipinski definition) is 2. The summed E-state index contributed by atoms with van der Waals surface area (Å²) >= 11 is 0. The number of piperidine rings is 1. The minimum absolute atomic E-state index is 0.109. The number of nitrogens with one attached hydrogen (secondary N) is 1. The van der Waals surface area contributed by atoms with Crippen LogP contribution in [0, 0.1) is 5.92 Å². The third-order valence-corrected chi connectivity index (χ3v) is 5.11. The molecule has 2 heterocycles. The zero-order valence-electron chi connectivity index (χ0n) is 14.6. The zero-order valence-corrected chi connectivity index (χ0v) is 14.6. The minimum Gasteiger partial charge on any atom is -0.381 e. The summed E-state index contributed by atoms with van der Waals surface area (Å²) in [6.07, 6.45) is 4.34. The number of nitrogens with zero attached hydrogens (tertiary/aromatic N) is 1. The van der Waals surface area contributed by atoms with E-state index in [1.165, 1.54) is 0 Å². The first-order valence-electron chi connectivity index (χ1n) is 9.15. The molecule has 0 aromatic heterocycles. The van der Waals surface area contributed by atoms with Crippen LogP contribution < -0.4 is 16.0 Å². The van der Waals surface area contributed by atoms with E-state index in [-0.39, 0.29) is 17.7 Å². The first-order chi connectivity index (χ1) is 12.1. The number of rotatable bonds is 5. The summed E-state index contributed by atoms with van der Waals surface area (Å²) < 4.78 is 5.31. The maximum absolute atomic E-state index is 12.2. The fraction of sp³-hybridized carbons (Fsp3) is 0.579. The fourth-order valence-corrected chi connectivity index (χ4v) is 3.47. The van der Waals surface area contributed by atoms with Crippen molar-refractivity contribution in [3.05, 3.63) is 29.8 Å². The molecular weight excluding hydrogens is 318 g/mol. The van der Waals surface area contributed by atoms with Gasteiger partial charge in [0.2, 0.25) is 11.8 Å². The Labute approximate surface area is 148 Å². The molecule has 0 bridgehead atoms. The second kappa shape index (κ2) is 8.45. The predicted molar refractivity (Wildman–Crippen MR) is 96.0 cm³/mol. The molecule has 0 aliphatic carbocycles. The summed E-state index contributed by atoms with van der Waals surface area (Å²) in [5, 5.41) is 2.92. The van der Waals surface area contributed by atoms with Crippen molar-refractivity contribution in [2.24, 2.45) is 11.7 Å². The highest BCUT2D eigenvalue weighted by Crippen LogP contribution is 2.21. The van der Waals surface area contributed by atoms with Crippen LogP contribution in [-0.2, 0) is 20.9 Å². The second-order valence-corrected chi connectivity index (χ2v) is 6.86. The molecule has 1 aromatic carbocycles. The lowest BCUT2D eigenvalue weighted by atomic mass is 9.92. The molecule has 1 atom stereocenters. The zero-order chi connectivity index (χ0) is 17.6. The van der Waals surface area contributed by atoms with Crippen LogP contribution in [0.2, 0.25) is 0 Å². The van der Waals surface area contributed by atoms with Crippen LogP contribution in [0.15, 0.2) is 24.3 Å². The van der Waals surface area contributed by atoms with Crippen molar-refractivity contribution < 1.29 is 14.3 Å². The van der Waals surface area contributed by atoms with E-state index in [1.807, 2.05) is 29.2 Å². The van der Waals surface area contributed by atoms with Gasteiger partial charge in [0.25, 0.3) is 0 Å². The van der Waals surface area contributed by atoms with E-state index in [0.29, 0.717) is 26.2 Å². The quantitative estimate of drug-likeness (QED) is 0.848. The number of ether oxygens (including phenoxy) is 1. The maximum Gasteiger partial charge on any atom is 0.237 e. The number of carbonyl (C=O) groups is 2. The van der Waals surface area contributed by atoms with Crippen LogP contribution in [0.5, 0.6) is 0 Å². The Morgan fingerprint density at radius 1 is 1.24 bits per heavy atom. The number of amides is 2. The molecule has 6 heteroatoms. The van der Waals surface area contributed by atoms with Gasteiger partial charge >= 0.3 is 0 Å². The standard InChI is InChI=1S/C19H27N3O3/c20-18(15-8-11-25-12-9-15)19(24)21-13-14-4-6-16(7-5-14)22-10-2-1-3-17(22)23/h4-7,15,18H,1-3,8-13,20H2,(H,21,24). The van der Waals surface area contributed by atoms with Crippen LogP contribution in [-0.4, -0.2) is 37.6 Å². The normalized spacial score (nSPS) is 20.4. The van der Waals surface area contributed by atoms with Gasteiger partial charge in [-0.05, 0) is 49.3 Å². The molecule has 6 nitrogen and oxygen atoms in total. The predicted octanol–water partition coefficient (Wildman–Crippen LogP) is 1.57. The van der Waals surface area contributed by atoms with Crippen molar-refractivity contribution in [3.63, 3.8) is 0 Å². The van der Waals surface area contributed by atoms with Gasteiger partial charge in [0.1, 0.15) is 0 Å². The molecule has 2 amide bonds. The van der Waals surface area contributed by atoms with Gasteiger partial charge in [-0.3, -0.25) is 9.59 Å². The number of carbonyl (C=O) groups excluding carboxylic acids is 2. The fourth-order valence-electron chi connectivity index (χ4n) is 3.47. The lowest BCUT2D eigenvalue weighted by Gasteiger charge is -2.27. The monoisotopic (exact) mass is 345 g/mol. The van der Waals surface area contributed by atoms with Gasteiger partial charge in [-0.1, -0.05) is 12.1 Å². The Kier molecular flexibility index (Phi) is 6.04. The van der Waals surface area contributed by atoms with Gasteiger partial charge < -0.3 is 20.7 Å². The molecule has 25 heavy (non-hydrogen) atoms. The number of anilines is 1. The van der Waals surface area contributed by atoms with Crippen molar-refractivity contribution >= 4 is 17.5 Å². The van der Waals surface area contributed by atoms with Crippen LogP contribution in [0.25, 0.3) is 0 Å². The van der Waals surface area contributed by atoms with Crippen molar-refractivity contribution in [3.8, 4) is 0 Å². The number of nitrogens with two attached hydrogens (primary N) is 1. The third-order valence-electron chi connectivity index (χ3n) is 5.11. The van der Waals surface area contributed by atoms with E-state index in [2.05, 4.69) is 5.32 Å². The van der Waals surface area contributed by atoms with Crippen LogP contribution in [0.1, 0.15) is 37.7 Å². The molecule has 1 unspecified atom stereocenters. The lowest BCUT2D eigenvalue weighted by molar-refractivity contribution is -0.124. The summed E-state index contributed by atoms with van der Waals surface area (Å²) in [6.45, 7) is 2.60. The molecule has 2 aliphatic rings. The van der Waals surface area contributed by atoms with E-state index in [4.69, 9.17) is 10.5 Å². The molecule has 136 valence electrons. The van der Waals surface area contributed by atoms with Crippen molar-refractivity contribution in [2.45, 2.75) is 44.7 Å². The molecule has 3 rings (SSSR count). The van der Waals surface area contributed by atoms with Gasteiger partial charge in [-0.25, -0.2) is 0 Å². The second-order valence-electron chi connectivity index (χ2n) is 6.86. The minimum atomic E-state index is -0.478. The highest BCUT2D eigenvalue weighted by atomic mass is 16.5. The van der Waals surface area contributed by atoms with E-state index in [1.54, 1.807) is 0 Å². The highest BCUT2D eigenvalue weighted by Gasteiger charge is 2.26. The SMILES string of the molecule is NC(C(=O)NCc1ccc(N2CCCCC2=O)cc1)C1CCOCC1. The van der Waals surface area contributed by atoms with Crippen molar-refractivity contribution in [1.82, 2.24) is 5.32 Å². The van der Waals surface area contributed by atoms with Crippen molar-refractivity contribution in [1.29, 1.82) is 0 Å². The Hall–Kier alpha value is -1.92. The molecule has 0 spiro atoms. The molecule has 0 radical (unpaired) electrons. The van der Waals surface area contributed by atoms with E-state index in [0.717, 1.165) is 43.5 Å². The Bertz CT molecular complexity index is 596. The first-order valence-corrected chi connectivity index (χ1v) is 9.15. The average Bonchev–Trinajstić information content (AvgIpc) is 2.67. The molecule has 0 saturated carbocycles. The number of benzene rings is 1. The molecule has 1 aromatic rings. The Balaban J connectivity index is 1.51. The molecule has 2 saturated heterocycles. The summed E-state index contributed by atoms with van der Waals surface area (Å²) in [6, 6.07) is 7.33. The van der Waals surface area contributed by atoms with Crippen LogP contribution in [0.4, 0.5) is 5.69 Å². The Morgan fingerprint density at radius 2 is 1.96 bits per heavy atom. The smallest absolute Gasteiger partial charge is 0.237 e. The van der Waals surface area contributed by atoms with Gasteiger partial charge in [0.05, 0.1) is 6.04 Å². The van der Waals surface area contributed by atoms with Gasteiger partial charge in [0, 0.05) is 38.4 Å². The summed E-state index contributed by atoms with van der Waals surface area (Å²) in [5.41, 5.74) is 8.01. The first kappa shape index (κ1) is 17.9. The van der Waals surface area contributed by atoms with Gasteiger partial charge in [0.15, 0.2) is 0 Å². The highest BCUT2D eigenvalue weighted by molar-refractivity contribution is 5.93. The topological polar surface area (TPSA) is 84.7 Å². The average molecular weight is 345 g/mol. The molecule has 2 fully saturated rings. The third kappa shape index (κ3) is 4.58. The maximum atomic E-state index is 12.2. The van der Waals surface area contributed by atoms with Crippen molar-refractivity contribution in [2.75, 3.05) is 24.7 Å².